The number of carbonyl (C=O) groups is 1. The molecule has 1 saturated heterocycles. The van der Waals surface area contributed by atoms with Crippen molar-refractivity contribution in [3.63, 3.8) is 0 Å². The SMILES string of the molecule is O=C(NC1CCCC(OCC(F)(F)F)C1)[C@H]1CCCN1. The van der Waals surface area contributed by atoms with Gasteiger partial charge < -0.3 is 15.4 Å². The van der Waals surface area contributed by atoms with Crippen LogP contribution in [0, 0.1) is 0 Å². The van der Waals surface area contributed by atoms with E-state index in [1.807, 2.05) is 0 Å². The molecule has 0 bridgehead atoms. The summed E-state index contributed by atoms with van der Waals surface area (Å²) in [5.74, 6) is -0.0380. The third-order valence-electron chi connectivity index (χ3n) is 3.83. The predicted molar refractivity (Wildman–Crippen MR) is 67.2 cm³/mol. The molecule has 0 aromatic carbocycles. The van der Waals surface area contributed by atoms with Gasteiger partial charge in [0, 0.05) is 6.04 Å². The first-order chi connectivity index (χ1) is 9.44. The van der Waals surface area contributed by atoms with Crippen molar-refractivity contribution < 1.29 is 22.7 Å². The molecule has 2 rings (SSSR count). The van der Waals surface area contributed by atoms with Crippen LogP contribution in [-0.4, -0.2) is 43.4 Å². The second kappa shape index (κ2) is 6.76. The van der Waals surface area contributed by atoms with Crippen LogP contribution in [0.4, 0.5) is 13.2 Å². The van der Waals surface area contributed by atoms with Crippen molar-refractivity contribution in [1.82, 2.24) is 10.6 Å². The fourth-order valence-electron chi connectivity index (χ4n) is 2.85. The van der Waals surface area contributed by atoms with Crippen LogP contribution >= 0.6 is 0 Å². The lowest BCUT2D eigenvalue weighted by Gasteiger charge is -2.30. The number of halogens is 3. The molecule has 1 heterocycles. The minimum Gasteiger partial charge on any atom is -0.369 e. The van der Waals surface area contributed by atoms with Gasteiger partial charge in [0.05, 0.1) is 12.1 Å². The van der Waals surface area contributed by atoms with Gasteiger partial charge in [-0.15, -0.1) is 0 Å². The van der Waals surface area contributed by atoms with Crippen LogP contribution in [0.1, 0.15) is 38.5 Å². The van der Waals surface area contributed by atoms with E-state index < -0.39 is 18.9 Å². The Morgan fingerprint density at radius 3 is 2.70 bits per heavy atom. The monoisotopic (exact) mass is 294 g/mol. The second-order valence-electron chi connectivity index (χ2n) is 5.57. The van der Waals surface area contributed by atoms with Gasteiger partial charge in [-0.25, -0.2) is 0 Å². The van der Waals surface area contributed by atoms with Crippen LogP contribution < -0.4 is 10.6 Å². The van der Waals surface area contributed by atoms with Gasteiger partial charge in [-0.3, -0.25) is 4.79 Å². The molecule has 1 aliphatic carbocycles. The van der Waals surface area contributed by atoms with Crippen LogP contribution in [0.2, 0.25) is 0 Å². The van der Waals surface area contributed by atoms with Gasteiger partial charge in [0.15, 0.2) is 0 Å². The predicted octanol–water partition coefficient (Wildman–Crippen LogP) is 1.74. The van der Waals surface area contributed by atoms with E-state index in [1.54, 1.807) is 0 Å². The number of alkyl halides is 3. The summed E-state index contributed by atoms with van der Waals surface area (Å²) in [5, 5.41) is 6.04. The number of rotatable bonds is 4. The number of hydrogen-bond donors (Lipinski definition) is 2. The van der Waals surface area contributed by atoms with Crippen molar-refractivity contribution in [2.24, 2.45) is 0 Å². The van der Waals surface area contributed by atoms with Gasteiger partial charge in [-0.05, 0) is 45.1 Å². The molecule has 1 aliphatic heterocycles. The Labute approximate surface area is 116 Å². The zero-order valence-electron chi connectivity index (χ0n) is 11.3. The zero-order chi connectivity index (χ0) is 14.6. The van der Waals surface area contributed by atoms with Crippen molar-refractivity contribution in [2.75, 3.05) is 13.2 Å². The molecule has 2 unspecified atom stereocenters. The fourth-order valence-corrected chi connectivity index (χ4v) is 2.85. The Morgan fingerprint density at radius 1 is 1.25 bits per heavy atom. The second-order valence-corrected chi connectivity index (χ2v) is 5.57. The van der Waals surface area contributed by atoms with Crippen LogP contribution in [0.5, 0.6) is 0 Å². The van der Waals surface area contributed by atoms with E-state index in [4.69, 9.17) is 4.74 Å². The quantitative estimate of drug-likeness (QED) is 0.830. The van der Waals surface area contributed by atoms with Crippen molar-refractivity contribution in [3.8, 4) is 0 Å². The molecule has 2 N–H and O–H groups in total. The van der Waals surface area contributed by atoms with Crippen LogP contribution in [0.3, 0.4) is 0 Å². The molecule has 20 heavy (non-hydrogen) atoms. The summed E-state index contributed by atoms with van der Waals surface area (Å²) in [4.78, 5) is 11.9. The Morgan fingerprint density at radius 2 is 2.05 bits per heavy atom. The summed E-state index contributed by atoms with van der Waals surface area (Å²) < 4.78 is 41.3. The highest BCUT2D eigenvalue weighted by Gasteiger charge is 2.32. The Bertz CT molecular complexity index is 330. The Hall–Kier alpha value is -0.820. The van der Waals surface area contributed by atoms with Gasteiger partial charge in [-0.1, -0.05) is 0 Å². The third-order valence-corrected chi connectivity index (χ3v) is 3.83. The summed E-state index contributed by atoms with van der Waals surface area (Å²) in [5.41, 5.74) is 0. The molecule has 1 saturated carbocycles. The summed E-state index contributed by atoms with van der Waals surface area (Å²) in [6, 6.07) is -0.219. The summed E-state index contributed by atoms with van der Waals surface area (Å²) in [6.45, 7) is -0.359. The van der Waals surface area contributed by atoms with E-state index in [9.17, 15) is 18.0 Å². The highest BCUT2D eigenvalue weighted by atomic mass is 19.4. The van der Waals surface area contributed by atoms with Crippen molar-refractivity contribution in [1.29, 1.82) is 0 Å². The molecule has 0 aromatic rings. The molecule has 2 fully saturated rings. The fraction of sp³-hybridized carbons (Fsp3) is 0.923. The topological polar surface area (TPSA) is 50.4 Å². The summed E-state index contributed by atoms with van der Waals surface area (Å²) >= 11 is 0. The van der Waals surface area contributed by atoms with Gasteiger partial charge >= 0.3 is 6.18 Å². The maximum absolute atomic E-state index is 12.1. The van der Waals surface area contributed by atoms with Crippen LogP contribution in [0.15, 0.2) is 0 Å². The van der Waals surface area contributed by atoms with Gasteiger partial charge in [-0.2, -0.15) is 13.2 Å². The molecule has 7 heteroatoms. The summed E-state index contributed by atoms with van der Waals surface area (Å²) in [6.07, 6.45) is -0.197. The van der Waals surface area contributed by atoms with E-state index in [1.165, 1.54) is 0 Å². The Balaban J connectivity index is 1.73. The minimum atomic E-state index is -4.29. The average Bonchev–Trinajstić information content (AvgIpc) is 2.90. The first-order valence-corrected chi connectivity index (χ1v) is 7.16. The van der Waals surface area contributed by atoms with Crippen molar-refractivity contribution >= 4 is 5.91 Å². The number of nitrogens with one attached hydrogen (secondary N) is 2. The van der Waals surface area contributed by atoms with Crippen LogP contribution in [0.25, 0.3) is 0 Å². The molecule has 3 atom stereocenters. The first-order valence-electron chi connectivity index (χ1n) is 7.16. The summed E-state index contributed by atoms with van der Waals surface area (Å²) in [7, 11) is 0. The molecule has 2 aliphatic rings. The molecule has 116 valence electrons. The smallest absolute Gasteiger partial charge is 0.369 e. The van der Waals surface area contributed by atoms with Gasteiger partial charge in [0.25, 0.3) is 0 Å². The van der Waals surface area contributed by atoms with E-state index in [0.717, 1.165) is 32.2 Å². The van der Waals surface area contributed by atoms with Gasteiger partial charge in [0.2, 0.25) is 5.91 Å². The third kappa shape index (κ3) is 4.94. The highest BCUT2D eigenvalue weighted by molar-refractivity contribution is 5.82. The molecule has 4 nitrogen and oxygen atoms in total. The number of carbonyl (C=O) groups excluding carboxylic acids is 1. The largest absolute Gasteiger partial charge is 0.411 e. The molecule has 1 amide bonds. The standard InChI is InChI=1S/C13H21F3N2O2/c14-13(15,16)8-20-10-4-1-3-9(7-10)18-12(19)11-5-2-6-17-11/h9-11,17H,1-8H2,(H,18,19)/t9?,10?,11-/m1/s1. The van der Waals surface area contributed by atoms with E-state index >= 15 is 0 Å². The zero-order valence-corrected chi connectivity index (χ0v) is 11.3. The molecular weight excluding hydrogens is 273 g/mol. The maximum Gasteiger partial charge on any atom is 0.411 e. The van der Waals surface area contributed by atoms with E-state index in [-0.39, 0.29) is 18.0 Å². The average molecular weight is 294 g/mol. The normalized spacial score (nSPS) is 31.2. The Kier molecular flexibility index (Phi) is 5.26. The minimum absolute atomic E-state index is 0.0380. The van der Waals surface area contributed by atoms with Gasteiger partial charge in [0.1, 0.15) is 6.61 Å². The van der Waals surface area contributed by atoms with E-state index in [2.05, 4.69) is 10.6 Å². The lowest BCUT2D eigenvalue weighted by atomic mass is 9.92. The number of amides is 1. The highest BCUT2D eigenvalue weighted by Crippen LogP contribution is 2.24. The lowest BCUT2D eigenvalue weighted by molar-refractivity contribution is -0.188. The van der Waals surface area contributed by atoms with Crippen LogP contribution in [-0.2, 0) is 9.53 Å². The molecule has 0 spiro atoms. The molecule has 0 radical (unpaired) electrons. The number of ether oxygens (including phenoxy) is 1. The van der Waals surface area contributed by atoms with Crippen molar-refractivity contribution in [2.45, 2.75) is 62.9 Å². The lowest BCUT2D eigenvalue weighted by Crippen LogP contribution is -2.47. The number of hydrogen-bond acceptors (Lipinski definition) is 3. The molecule has 0 aromatic heterocycles. The van der Waals surface area contributed by atoms with Crippen molar-refractivity contribution in [3.05, 3.63) is 0 Å². The first kappa shape index (κ1) is 15.6. The molecular formula is C13H21F3N2O2. The maximum atomic E-state index is 12.1. The van der Waals surface area contributed by atoms with E-state index in [0.29, 0.717) is 12.8 Å².